The smallest absolute Gasteiger partial charge is 0.335 e. The molecule has 0 bridgehead atoms. The summed E-state index contributed by atoms with van der Waals surface area (Å²) in [5, 5.41) is 16.7. The average Bonchev–Trinajstić information content (AvgIpc) is 2.97. The molecule has 1 aromatic carbocycles. The van der Waals surface area contributed by atoms with E-state index >= 15 is 0 Å². The number of fused-ring (bicyclic) bond motifs is 1. The van der Waals surface area contributed by atoms with Crippen LogP contribution in [0.3, 0.4) is 0 Å². The summed E-state index contributed by atoms with van der Waals surface area (Å²) in [7, 11) is 0. The van der Waals surface area contributed by atoms with E-state index in [0.29, 0.717) is 5.56 Å². The Kier molecular flexibility index (Phi) is 2.19. The van der Waals surface area contributed by atoms with Crippen LogP contribution in [0.5, 0.6) is 0 Å². The number of H-pyrrole nitrogens is 2. The Balaban J connectivity index is 2.25. The van der Waals surface area contributed by atoms with Gasteiger partial charge in [-0.3, -0.25) is 5.10 Å². The van der Waals surface area contributed by atoms with Crippen LogP contribution in [0.2, 0.25) is 0 Å². The quantitative estimate of drug-likeness (QED) is 0.644. The maximum Gasteiger partial charge on any atom is 0.335 e. The number of carboxylic acid groups (broad SMARTS) is 1. The fourth-order valence-corrected chi connectivity index (χ4v) is 2.12. The molecule has 0 aliphatic heterocycles. The van der Waals surface area contributed by atoms with Gasteiger partial charge in [0.15, 0.2) is 0 Å². The first-order valence-electron chi connectivity index (χ1n) is 5.52. The molecule has 0 fully saturated rings. The lowest BCUT2D eigenvalue weighted by Crippen LogP contribution is -1.94. The average molecular weight is 241 g/mol. The van der Waals surface area contributed by atoms with Crippen molar-refractivity contribution in [3.05, 3.63) is 41.6 Å². The number of hydrogen-bond acceptors (Lipinski definition) is 2. The van der Waals surface area contributed by atoms with Gasteiger partial charge in [-0.05, 0) is 36.8 Å². The Hall–Kier alpha value is -2.56. The number of aryl methyl sites for hydroxylation is 1. The second-order valence-corrected chi connectivity index (χ2v) is 4.16. The lowest BCUT2D eigenvalue weighted by atomic mass is 10.1. The van der Waals surface area contributed by atoms with Gasteiger partial charge in [-0.15, -0.1) is 0 Å². The zero-order valence-electron chi connectivity index (χ0n) is 9.69. The standard InChI is InChI=1S/C13H11N3O2/c1-7-9-6-8(13(17)18)2-3-10(9)15-12(7)11-4-5-14-16-11/h2-6,15H,1H3,(H,14,16)(H,17,18). The summed E-state index contributed by atoms with van der Waals surface area (Å²) < 4.78 is 0. The van der Waals surface area contributed by atoms with Crippen LogP contribution in [-0.2, 0) is 0 Å². The fourth-order valence-electron chi connectivity index (χ4n) is 2.12. The molecule has 3 rings (SSSR count). The van der Waals surface area contributed by atoms with Gasteiger partial charge in [-0.1, -0.05) is 0 Å². The van der Waals surface area contributed by atoms with Crippen molar-refractivity contribution < 1.29 is 9.90 Å². The largest absolute Gasteiger partial charge is 0.478 e. The summed E-state index contributed by atoms with van der Waals surface area (Å²) in [5.74, 6) is -0.916. The van der Waals surface area contributed by atoms with E-state index in [0.717, 1.165) is 27.9 Å². The molecule has 0 aliphatic carbocycles. The topological polar surface area (TPSA) is 81.8 Å². The highest BCUT2D eigenvalue weighted by molar-refractivity contribution is 5.97. The molecule has 0 saturated heterocycles. The van der Waals surface area contributed by atoms with Crippen molar-refractivity contribution in [1.82, 2.24) is 15.2 Å². The van der Waals surface area contributed by atoms with Gasteiger partial charge in [0, 0.05) is 17.1 Å². The van der Waals surface area contributed by atoms with Crippen LogP contribution < -0.4 is 0 Å². The van der Waals surface area contributed by atoms with E-state index in [9.17, 15) is 4.79 Å². The van der Waals surface area contributed by atoms with Gasteiger partial charge in [-0.2, -0.15) is 5.10 Å². The van der Waals surface area contributed by atoms with E-state index < -0.39 is 5.97 Å². The predicted octanol–water partition coefficient (Wildman–Crippen LogP) is 2.56. The molecule has 3 aromatic rings. The van der Waals surface area contributed by atoms with Gasteiger partial charge in [0.1, 0.15) is 0 Å². The number of benzene rings is 1. The molecule has 0 aliphatic rings. The lowest BCUT2D eigenvalue weighted by Gasteiger charge is -1.96. The number of carboxylic acids is 1. The van der Waals surface area contributed by atoms with Crippen LogP contribution >= 0.6 is 0 Å². The summed E-state index contributed by atoms with van der Waals surface area (Å²) in [6.07, 6.45) is 1.68. The molecule has 3 N–H and O–H groups in total. The minimum Gasteiger partial charge on any atom is -0.478 e. The third kappa shape index (κ3) is 1.48. The van der Waals surface area contributed by atoms with E-state index in [1.165, 1.54) is 0 Å². The summed E-state index contributed by atoms with van der Waals surface area (Å²) >= 11 is 0. The molecule has 0 unspecified atom stereocenters. The van der Waals surface area contributed by atoms with Gasteiger partial charge < -0.3 is 10.1 Å². The summed E-state index contributed by atoms with van der Waals surface area (Å²) in [5.41, 5.74) is 4.05. The summed E-state index contributed by atoms with van der Waals surface area (Å²) in [4.78, 5) is 14.2. The second kappa shape index (κ2) is 3.73. The van der Waals surface area contributed by atoms with Gasteiger partial charge in [0.2, 0.25) is 0 Å². The number of rotatable bonds is 2. The molecule has 0 atom stereocenters. The first-order chi connectivity index (χ1) is 8.66. The van der Waals surface area contributed by atoms with Crippen molar-refractivity contribution in [3.63, 3.8) is 0 Å². The van der Waals surface area contributed by atoms with Gasteiger partial charge in [-0.25, -0.2) is 4.79 Å². The van der Waals surface area contributed by atoms with Crippen molar-refractivity contribution >= 4 is 16.9 Å². The zero-order valence-corrected chi connectivity index (χ0v) is 9.69. The Morgan fingerprint density at radius 2 is 2.17 bits per heavy atom. The van der Waals surface area contributed by atoms with E-state index in [1.54, 1.807) is 24.4 Å². The van der Waals surface area contributed by atoms with Crippen molar-refractivity contribution in [2.45, 2.75) is 6.92 Å². The van der Waals surface area contributed by atoms with E-state index in [1.807, 2.05) is 13.0 Å². The van der Waals surface area contributed by atoms with E-state index in [4.69, 9.17) is 5.11 Å². The van der Waals surface area contributed by atoms with Gasteiger partial charge >= 0.3 is 5.97 Å². The number of carbonyl (C=O) groups is 1. The Morgan fingerprint density at radius 1 is 1.33 bits per heavy atom. The van der Waals surface area contributed by atoms with Crippen molar-refractivity contribution in [3.8, 4) is 11.4 Å². The second-order valence-electron chi connectivity index (χ2n) is 4.16. The normalized spacial score (nSPS) is 10.9. The molecule has 90 valence electrons. The number of aromatic amines is 2. The Bertz CT molecular complexity index is 726. The van der Waals surface area contributed by atoms with Crippen LogP contribution in [0.15, 0.2) is 30.5 Å². The SMILES string of the molecule is Cc1c(-c2ccn[nH]2)[nH]c2ccc(C(=O)O)cc12. The molecular weight excluding hydrogens is 230 g/mol. The molecule has 0 amide bonds. The molecule has 0 radical (unpaired) electrons. The lowest BCUT2D eigenvalue weighted by molar-refractivity contribution is 0.0697. The van der Waals surface area contributed by atoms with Crippen LogP contribution in [-0.4, -0.2) is 26.3 Å². The van der Waals surface area contributed by atoms with Crippen LogP contribution in [0.4, 0.5) is 0 Å². The van der Waals surface area contributed by atoms with Crippen molar-refractivity contribution in [1.29, 1.82) is 0 Å². The minimum atomic E-state index is -0.916. The van der Waals surface area contributed by atoms with Crippen LogP contribution in [0, 0.1) is 6.92 Å². The third-order valence-electron chi connectivity index (χ3n) is 3.08. The molecule has 18 heavy (non-hydrogen) atoms. The number of hydrogen-bond donors (Lipinski definition) is 3. The molecule has 5 nitrogen and oxygen atoms in total. The number of aromatic carboxylic acids is 1. The van der Waals surface area contributed by atoms with E-state index in [-0.39, 0.29) is 0 Å². The molecular formula is C13H11N3O2. The summed E-state index contributed by atoms with van der Waals surface area (Å²) in [6, 6.07) is 6.93. The maximum atomic E-state index is 11.0. The first-order valence-corrected chi connectivity index (χ1v) is 5.52. The monoisotopic (exact) mass is 241 g/mol. The van der Waals surface area contributed by atoms with Crippen molar-refractivity contribution in [2.24, 2.45) is 0 Å². The highest BCUT2D eigenvalue weighted by Crippen LogP contribution is 2.28. The highest BCUT2D eigenvalue weighted by Gasteiger charge is 2.12. The van der Waals surface area contributed by atoms with Crippen LogP contribution in [0.1, 0.15) is 15.9 Å². The predicted molar refractivity (Wildman–Crippen MR) is 67.6 cm³/mol. The van der Waals surface area contributed by atoms with Gasteiger partial charge in [0.05, 0.1) is 17.0 Å². The highest BCUT2D eigenvalue weighted by atomic mass is 16.4. The maximum absolute atomic E-state index is 11.0. The zero-order chi connectivity index (χ0) is 12.7. The van der Waals surface area contributed by atoms with Crippen molar-refractivity contribution in [2.75, 3.05) is 0 Å². The molecule has 2 heterocycles. The van der Waals surface area contributed by atoms with Crippen LogP contribution in [0.25, 0.3) is 22.3 Å². The number of aromatic nitrogens is 3. The van der Waals surface area contributed by atoms with E-state index in [2.05, 4.69) is 15.2 Å². The Labute approximate surface area is 102 Å². The Morgan fingerprint density at radius 3 is 2.83 bits per heavy atom. The first kappa shape index (κ1) is 10.6. The fraction of sp³-hybridized carbons (Fsp3) is 0.0769. The molecule has 0 spiro atoms. The molecule has 5 heteroatoms. The molecule has 2 aromatic heterocycles. The number of nitrogens with zero attached hydrogens (tertiary/aromatic N) is 1. The number of nitrogens with one attached hydrogen (secondary N) is 2. The summed E-state index contributed by atoms with van der Waals surface area (Å²) in [6.45, 7) is 1.96. The molecule has 0 saturated carbocycles. The van der Waals surface area contributed by atoms with Gasteiger partial charge in [0.25, 0.3) is 0 Å². The minimum absolute atomic E-state index is 0.292. The third-order valence-corrected chi connectivity index (χ3v) is 3.08.